The Morgan fingerprint density at radius 1 is 1.07 bits per heavy atom. The van der Waals surface area contributed by atoms with Crippen molar-refractivity contribution in [1.29, 1.82) is 0 Å². The largest absolute Gasteiger partial charge is 1.00 e. The average Bonchev–Trinajstić information content (AvgIpc) is 1.81. The molecule has 5 nitrogen and oxygen atoms in total. The molecule has 0 aliphatic heterocycles. The first-order chi connectivity index (χ1) is 5.71. The van der Waals surface area contributed by atoms with E-state index in [1.54, 1.807) is 0 Å². The van der Waals surface area contributed by atoms with Crippen molar-refractivity contribution >= 4 is 30.1 Å². The van der Waals surface area contributed by atoms with E-state index in [1.807, 2.05) is 0 Å². The third-order valence-electron chi connectivity index (χ3n) is 1.30. The second-order valence-electron chi connectivity index (χ2n) is 2.61. The molecular formula is C5H11NaO5S3. The Labute approximate surface area is 111 Å². The van der Waals surface area contributed by atoms with Crippen LogP contribution in [-0.4, -0.2) is 33.2 Å². The summed E-state index contributed by atoms with van der Waals surface area (Å²) >= 11 is 4.21. The van der Waals surface area contributed by atoms with E-state index in [0.717, 1.165) is 0 Å². The minimum Gasteiger partial charge on any atom is -0.748 e. The fourth-order valence-corrected chi connectivity index (χ4v) is 2.22. The van der Waals surface area contributed by atoms with Crippen LogP contribution in [0.4, 0.5) is 0 Å². The van der Waals surface area contributed by atoms with Crippen LogP contribution in [0, 0.1) is 0 Å². The molecule has 14 heavy (non-hydrogen) atoms. The molecule has 0 saturated carbocycles. The first-order valence-corrected chi connectivity index (χ1v) is 7.78. The second-order valence-corrected chi connectivity index (χ2v) is 7.27. The number of unbranched alkanes of at least 4 members (excludes halogenated alkanes) is 2. The Bertz CT molecular complexity index is 298. The standard InChI is InChI=1S/C5H12O5S3.Na/c6-12(7,8)4-2-1-3-5-13(9,10)11;/h1-5H2,(H,6,7,8)(H,9,10,11);/q;+1/p-1. The molecule has 0 aromatic rings. The van der Waals surface area contributed by atoms with Crippen molar-refractivity contribution in [1.82, 2.24) is 0 Å². The zero-order valence-electron chi connectivity index (χ0n) is 7.84. The molecule has 0 spiro atoms. The van der Waals surface area contributed by atoms with Gasteiger partial charge in [0.1, 0.15) is 8.77 Å². The second kappa shape index (κ2) is 7.50. The van der Waals surface area contributed by atoms with Gasteiger partial charge in [0, 0.05) is 22.7 Å². The Morgan fingerprint density at radius 3 is 1.86 bits per heavy atom. The molecule has 1 atom stereocenters. The monoisotopic (exact) mass is 270 g/mol. The first kappa shape index (κ1) is 17.6. The van der Waals surface area contributed by atoms with Crippen molar-refractivity contribution in [3.05, 3.63) is 0 Å². The Hall–Kier alpha value is 1.24. The molecule has 0 bridgehead atoms. The predicted octanol–water partition coefficient (Wildman–Crippen LogP) is -3.07. The first-order valence-electron chi connectivity index (χ1n) is 3.59. The molecule has 0 aliphatic carbocycles. The summed E-state index contributed by atoms with van der Waals surface area (Å²) in [6.45, 7) is 0. The average molecular weight is 270 g/mol. The van der Waals surface area contributed by atoms with Gasteiger partial charge < -0.3 is 9.11 Å². The van der Waals surface area contributed by atoms with E-state index < -0.39 is 24.6 Å². The van der Waals surface area contributed by atoms with Gasteiger partial charge in [0.2, 0.25) is 0 Å². The van der Waals surface area contributed by atoms with Crippen LogP contribution in [0.1, 0.15) is 19.3 Å². The van der Waals surface area contributed by atoms with Gasteiger partial charge in [0.15, 0.2) is 0 Å². The number of hydrogen-bond acceptors (Lipinski definition) is 5. The van der Waals surface area contributed by atoms with Gasteiger partial charge in [-0.15, -0.1) is 0 Å². The minimum atomic E-state index is -4.15. The van der Waals surface area contributed by atoms with Crippen LogP contribution in [-0.2, 0) is 30.1 Å². The summed E-state index contributed by atoms with van der Waals surface area (Å²) < 4.78 is 49.5. The maximum Gasteiger partial charge on any atom is 1.00 e. The summed E-state index contributed by atoms with van der Waals surface area (Å²) in [6.07, 6.45) is 1.01. The summed E-state index contributed by atoms with van der Waals surface area (Å²) in [5, 5.41) is 0. The molecule has 0 amide bonds. The Kier molecular flexibility index (Phi) is 9.45. The van der Waals surface area contributed by atoms with Gasteiger partial charge in [-0.05, 0) is 12.8 Å². The third-order valence-corrected chi connectivity index (χ3v) is 3.39. The quantitative estimate of drug-likeness (QED) is 0.312. The van der Waals surface area contributed by atoms with E-state index >= 15 is 0 Å². The molecule has 0 aromatic heterocycles. The fraction of sp³-hybridized carbons (Fsp3) is 1.00. The van der Waals surface area contributed by atoms with Gasteiger partial charge in [-0.2, -0.15) is 0 Å². The third kappa shape index (κ3) is 15.7. The molecule has 0 aliphatic rings. The van der Waals surface area contributed by atoms with Crippen molar-refractivity contribution in [2.45, 2.75) is 19.3 Å². The van der Waals surface area contributed by atoms with E-state index in [4.69, 9.17) is 4.55 Å². The SMILES string of the molecule is O=S(=O)([O-])CCCCCS(=O)(O)=S.[Na+]. The van der Waals surface area contributed by atoms with Gasteiger partial charge in [-0.1, -0.05) is 6.42 Å². The number of rotatable bonds is 6. The van der Waals surface area contributed by atoms with Crippen LogP contribution in [0.3, 0.4) is 0 Å². The molecular weight excluding hydrogens is 259 g/mol. The van der Waals surface area contributed by atoms with Crippen LogP contribution in [0.2, 0.25) is 0 Å². The fourth-order valence-electron chi connectivity index (χ4n) is 0.740. The van der Waals surface area contributed by atoms with E-state index in [-0.39, 0.29) is 41.7 Å². The van der Waals surface area contributed by atoms with Gasteiger partial charge in [-0.3, -0.25) is 0 Å². The van der Waals surface area contributed by atoms with Crippen molar-refractivity contribution in [2.75, 3.05) is 11.5 Å². The summed E-state index contributed by atoms with van der Waals surface area (Å²) in [5.41, 5.74) is 0. The van der Waals surface area contributed by atoms with Gasteiger partial charge in [0.05, 0.1) is 10.1 Å². The molecule has 0 aromatic carbocycles. The van der Waals surface area contributed by atoms with Crippen LogP contribution >= 0.6 is 0 Å². The van der Waals surface area contributed by atoms with Gasteiger partial charge in [0.25, 0.3) is 0 Å². The van der Waals surface area contributed by atoms with Crippen LogP contribution in [0.25, 0.3) is 0 Å². The molecule has 0 heterocycles. The smallest absolute Gasteiger partial charge is 0.748 e. The molecule has 80 valence electrons. The van der Waals surface area contributed by atoms with E-state index in [2.05, 4.69) is 11.2 Å². The zero-order valence-corrected chi connectivity index (χ0v) is 12.3. The molecule has 0 saturated heterocycles. The Morgan fingerprint density at radius 2 is 1.50 bits per heavy atom. The van der Waals surface area contributed by atoms with E-state index in [0.29, 0.717) is 12.8 Å². The summed E-state index contributed by atoms with van der Waals surface area (Å²) in [4.78, 5) is 0. The minimum absolute atomic E-state index is 0. The Balaban J connectivity index is 0. The summed E-state index contributed by atoms with van der Waals surface area (Å²) in [7, 11) is -7.28. The van der Waals surface area contributed by atoms with Crippen LogP contribution < -0.4 is 29.6 Å². The van der Waals surface area contributed by atoms with Gasteiger partial charge in [-0.25, -0.2) is 12.6 Å². The maximum atomic E-state index is 10.5. The molecule has 0 fully saturated rings. The van der Waals surface area contributed by atoms with Crippen molar-refractivity contribution < 1.29 is 51.3 Å². The van der Waals surface area contributed by atoms with E-state index in [9.17, 15) is 17.2 Å². The molecule has 9 heteroatoms. The topological polar surface area (TPSA) is 94.5 Å². The normalized spacial score (nSPS) is 15.6. The van der Waals surface area contributed by atoms with Gasteiger partial charge >= 0.3 is 29.6 Å². The maximum absolute atomic E-state index is 10.5. The van der Waals surface area contributed by atoms with Crippen LogP contribution in [0.15, 0.2) is 0 Å². The molecule has 1 unspecified atom stereocenters. The molecule has 1 N–H and O–H groups in total. The van der Waals surface area contributed by atoms with Crippen LogP contribution in [0.5, 0.6) is 0 Å². The molecule has 0 radical (unpaired) electrons. The van der Waals surface area contributed by atoms with Crippen molar-refractivity contribution in [3.8, 4) is 0 Å². The zero-order chi connectivity index (χ0) is 10.5. The van der Waals surface area contributed by atoms with Crippen molar-refractivity contribution in [3.63, 3.8) is 0 Å². The summed E-state index contributed by atoms with van der Waals surface area (Å²) in [5.74, 6) is -0.446. The molecule has 0 rings (SSSR count). The van der Waals surface area contributed by atoms with Crippen molar-refractivity contribution in [2.24, 2.45) is 0 Å². The predicted molar refractivity (Wildman–Crippen MR) is 51.4 cm³/mol. The number of hydrogen-bond donors (Lipinski definition) is 1. The van der Waals surface area contributed by atoms with E-state index in [1.165, 1.54) is 0 Å². The summed E-state index contributed by atoms with van der Waals surface area (Å²) in [6, 6.07) is 0.